The number of rotatable bonds is 4. The third-order valence-corrected chi connectivity index (χ3v) is 4.59. The highest BCUT2D eigenvalue weighted by atomic mass is 16.3. The molecule has 1 aromatic rings. The van der Waals surface area contributed by atoms with E-state index in [1.54, 1.807) is 0 Å². The van der Waals surface area contributed by atoms with E-state index in [4.69, 9.17) is 0 Å². The maximum Gasteiger partial charge on any atom is 0.313 e. The van der Waals surface area contributed by atoms with Crippen LogP contribution in [0, 0.1) is 19.8 Å². The van der Waals surface area contributed by atoms with Gasteiger partial charge in [0.15, 0.2) is 0 Å². The number of carbonyl (C=O) groups excluding carboxylic acids is 2. The Morgan fingerprint density at radius 3 is 2.35 bits per heavy atom. The Morgan fingerprint density at radius 1 is 1.13 bits per heavy atom. The fourth-order valence-electron chi connectivity index (χ4n) is 3.15. The number of carbonyl (C=O) groups is 2. The molecule has 0 spiro atoms. The summed E-state index contributed by atoms with van der Waals surface area (Å²) in [6, 6.07) is 5.67. The Bertz CT molecular complexity index is 545. The summed E-state index contributed by atoms with van der Waals surface area (Å²) in [6.07, 6.45) is 4.88. The summed E-state index contributed by atoms with van der Waals surface area (Å²) in [5, 5.41) is 15.3. The van der Waals surface area contributed by atoms with E-state index < -0.39 is 17.9 Å². The zero-order chi connectivity index (χ0) is 16.8. The molecule has 126 valence electrons. The molecule has 0 aromatic heterocycles. The molecule has 1 saturated carbocycles. The molecule has 1 aromatic carbocycles. The monoisotopic (exact) mass is 318 g/mol. The second-order valence-corrected chi connectivity index (χ2v) is 6.40. The first-order valence-electron chi connectivity index (χ1n) is 8.32. The Kier molecular flexibility index (Phi) is 6.16. The number of hydrogen-bond donors (Lipinski definition) is 3. The molecule has 5 heteroatoms. The van der Waals surface area contributed by atoms with Crippen LogP contribution in [0.4, 0.5) is 5.69 Å². The van der Waals surface area contributed by atoms with Gasteiger partial charge in [-0.2, -0.15) is 0 Å². The van der Waals surface area contributed by atoms with Crippen molar-refractivity contribution in [2.75, 3.05) is 11.9 Å². The third kappa shape index (κ3) is 4.79. The molecule has 2 rings (SSSR count). The maximum atomic E-state index is 12.0. The van der Waals surface area contributed by atoms with Crippen LogP contribution in [0.25, 0.3) is 0 Å². The lowest BCUT2D eigenvalue weighted by Crippen LogP contribution is -2.42. The largest absolute Gasteiger partial charge is 0.391 e. The summed E-state index contributed by atoms with van der Waals surface area (Å²) < 4.78 is 0. The van der Waals surface area contributed by atoms with Crippen LogP contribution in [-0.4, -0.2) is 29.6 Å². The molecule has 0 saturated heterocycles. The lowest BCUT2D eigenvalue weighted by molar-refractivity contribution is -0.136. The highest BCUT2D eigenvalue weighted by molar-refractivity contribution is 6.39. The molecule has 1 atom stereocenters. The van der Waals surface area contributed by atoms with Gasteiger partial charge < -0.3 is 15.7 Å². The summed E-state index contributed by atoms with van der Waals surface area (Å²) in [7, 11) is 0. The van der Waals surface area contributed by atoms with Crippen LogP contribution in [0.1, 0.15) is 43.2 Å². The lowest BCUT2D eigenvalue weighted by Gasteiger charge is -2.26. The number of aliphatic hydroxyl groups is 1. The minimum absolute atomic E-state index is 0.129. The highest BCUT2D eigenvalue weighted by Gasteiger charge is 2.23. The molecule has 0 aliphatic heterocycles. The summed E-state index contributed by atoms with van der Waals surface area (Å²) in [5.41, 5.74) is 2.49. The van der Waals surface area contributed by atoms with Gasteiger partial charge in [0.1, 0.15) is 0 Å². The van der Waals surface area contributed by atoms with E-state index in [0.717, 1.165) is 36.8 Å². The van der Waals surface area contributed by atoms with Crippen LogP contribution in [0.2, 0.25) is 0 Å². The summed E-state index contributed by atoms with van der Waals surface area (Å²) in [4.78, 5) is 23.9. The van der Waals surface area contributed by atoms with E-state index in [9.17, 15) is 14.7 Å². The van der Waals surface area contributed by atoms with E-state index in [-0.39, 0.29) is 12.5 Å². The van der Waals surface area contributed by atoms with Crippen molar-refractivity contribution in [3.8, 4) is 0 Å². The molecule has 1 fully saturated rings. The average molecular weight is 318 g/mol. The van der Waals surface area contributed by atoms with E-state index in [2.05, 4.69) is 10.6 Å². The van der Waals surface area contributed by atoms with Crippen molar-refractivity contribution in [1.29, 1.82) is 0 Å². The molecule has 3 N–H and O–H groups in total. The van der Waals surface area contributed by atoms with Crippen LogP contribution in [0.3, 0.4) is 0 Å². The van der Waals surface area contributed by atoms with E-state index >= 15 is 0 Å². The molecule has 23 heavy (non-hydrogen) atoms. The van der Waals surface area contributed by atoms with Gasteiger partial charge in [0.2, 0.25) is 0 Å². The van der Waals surface area contributed by atoms with Gasteiger partial charge in [0.05, 0.1) is 6.10 Å². The molecule has 1 unspecified atom stereocenters. The average Bonchev–Trinajstić information content (AvgIpc) is 2.56. The first-order chi connectivity index (χ1) is 11.0. The fraction of sp³-hybridized carbons (Fsp3) is 0.556. The molecule has 0 heterocycles. The van der Waals surface area contributed by atoms with Crippen LogP contribution >= 0.6 is 0 Å². The van der Waals surface area contributed by atoms with Gasteiger partial charge >= 0.3 is 11.8 Å². The number of aryl methyl sites for hydroxylation is 2. The SMILES string of the molecule is Cc1cccc(C)c1NC(=O)C(=O)NCC(O)C1CCCCC1. The van der Waals surface area contributed by atoms with Crippen LogP contribution in [-0.2, 0) is 9.59 Å². The van der Waals surface area contributed by atoms with E-state index in [1.807, 2.05) is 32.0 Å². The third-order valence-electron chi connectivity index (χ3n) is 4.59. The number of benzene rings is 1. The molecule has 0 bridgehead atoms. The minimum Gasteiger partial charge on any atom is -0.391 e. The van der Waals surface area contributed by atoms with Gasteiger partial charge in [-0.1, -0.05) is 37.5 Å². The van der Waals surface area contributed by atoms with Gasteiger partial charge in [0.25, 0.3) is 0 Å². The smallest absolute Gasteiger partial charge is 0.313 e. The van der Waals surface area contributed by atoms with Gasteiger partial charge in [-0.05, 0) is 43.7 Å². The van der Waals surface area contributed by atoms with Crippen LogP contribution in [0.5, 0.6) is 0 Å². The topological polar surface area (TPSA) is 78.4 Å². The molecule has 5 nitrogen and oxygen atoms in total. The predicted molar refractivity (Wildman–Crippen MR) is 90.1 cm³/mol. The Morgan fingerprint density at radius 2 is 1.74 bits per heavy atom. The van der Waals surface area contributed by atoms with Gasteiger partial charge in [-0.25, -0.2) is 0 Å². The van der Waals surface area contributed by atoms with E-state index in [1.165, 1.54) is 6.42 Å². The van der Waals surface area contributed by atoms with Crippen molar-refractivity contribution in [2.45, 2.75) is 52.1 Å². The highest BCUT2D eigenvalue weighted by Crippen LogP contribution is 2.26. The Labute approximate surface area is 137 Å². The fourth-order valence-corrected chi connectivity index (χ4v) is 3.15. The van der Waals surface area contributed by atoms with Crippen molar-refractivity contribution in [3.63, 3.8) is 0 Å². The van der Waals surface area contributed by atoms with Gasteiger partial charge in [0, 0.05) is 12.2 Å². The summed E-state index contributed by atoms with van der Waals surface area (Å²) in [5.74, 6) is -1.17. The van der Waals surface area contributed by atoms with E-state index in [0.29, 0.717) is 5.69 Å². The van der Waals surface area contributed by atoms with Gasteiger partial charge in [-0.3, -0.25) is 9.59 Å². The second-order valence-electron chi connectivity index (χ2n) is 6.40. The molecular formula is C18H26N2O3. The number of nitrogens with one attached hydrogen (secondary N) is 2. The number of para-hydroxylation sites is 1. The number of anilines is 1. The quantitative estimate of drug-likeness (QED) is 0.745. The molecule has 1 aliphatic rings. The molecular weight excluding hydrogens is 292 g/mol. The second kappa shape index (κ2) is 8.11. The van der Waals surface area contributed by atoms with Gasteiger partial charge in [-0.15, -0.1) is 0 Å². The standard InChI is InChI=1S/C18H26N2O3/c1-12-7-6-8-13(2)16(12)20-18(23)17(22)19-11-15(21)14-9-4-3-5-10-14/h6-8,14-15,21H,3-5,9-11H2,1-2H3,(H,19,22)(H,20,23). The first-order valence-corrected chi connectivity index (χ1v) is 8.32. The number of amides is 2. The molecule has 0 radical (unpaired) electrons. The van der Waals surface area contributed by atoms with Crippen molar-refractivity contribution >= 4 is 17.5 Å². The summed E-state index contributed by atoms with van der Waals surface area (Å²) >= 11 is 0. The van der Waals surface area contributed by atoms with Crippen molar-refractivity contribution in [3.05, 3.63) is 29.3 Å². The number of hydrogen-bond acceptors (Lipinski definition) is 3. The zero-order valence-corrected chi connectivity index (χ0v) is 13.9. The van der Waals surface area contributed by atoms with Crippen molar-refractivity contribution < 1.29 is 14.7 Å². The first kappa shape index (κ1) is 17.5. The molecule has 1 aliphatic carbocycles. The maximum absolute atomic E-state index is 12.0. The Balaban J connectivity index is 1.84. The van der Waals surface area contributed by atoms with Crippen LogP contribution in [0.15, 0.2) is 18.2 Å². The predicted octanol–water partition coefficient (Wildman–Crippen LogP) is 2.30. The lowest BCUT2D eigenvalue weighted by atomic mass is 9.85. The normalized spacial score (nSPS) is 16.7. The summed E-state index contributed by atoms with van der Waals surface area (Å²) in [6.45, 7) is 3.89. The zero-order valence-electron chi connectivity index (χ0n) is 13.9. The Hall–Kier alpha value is -1.88. The van der Waals surface area contributed by atoms with Crippen molar-refractivity contribution in [1.82, 2.24) is 5.32 Å². The number of aliphatic hydroxyl groups excluding tert-OH is 1. The van der Waals surface area contributed by atoms with Crippen LogP contribution < -0.4 is 10.6 Å². The van der Waals surface area contributed by atoms with Crippen molar-refractivity contribution in [2.24, 2.45) is 5.92 Å². The minimum atomic E-state index is -0.706. The molecule has 2 amide bonds.